The molecule has 1 aromatic heterocycles. The van der Waals surface area contributed by atoms with Crippen LogP contribution in [0.4, 0.5) is 5.69 Å². The highest BCUT2D eigenvalue weighted by molar-refractivity contribution is 5.78. The Morgan fingerprint density at radius 2 is 1.87 bits per heavy atom. The van der Waals surface area contributed by atoms with Gasteiger partial charge in [0, 0.05) is 31.9 Å². The third-order valence-electron chi connectivity index (χ3n) is 4.21. The molecule has 122 valence electrons. The first-order valence-electron chi connectivity index (χ1n) is 8.07. The summed E-state index contributed by atoms with van der Waals surface area (Å²) in [5.41, 5.74) is 1.25. The van der Waals surface area contributed by atoms with Gasteiger partial charge in [0.2, 0.25) is 5.91 Å². The van der Waals surface area contributed by atoms with Crippen molar-refractivity contribution >= 4 is 11.6 Å². The second kappa shape index (κ2) is 7.33. The predicted molar refractivity (Wildman–Crippen MR) is 90.4 cm³/mol. The maximum atomic E-state index is 12.2. The van der Waals surface area contributed by atoms with Crippen LogP contribution in [-0.2, 0) is 4.79 Å². The fourth-order valence-electron chi connectivity index (χ4n) is 2.90. The van der Waals surface area contributed by atoms with Gasteiger partial charge in [0.25, 0.3) is 0 Å². The van der Waals surface area contributed by atoms with E-state index in [-0.39, 0.29) is 11.9 Å². The minimum atomic E-state index is -0.0943. The monoisotopic (exact) mass is 313 g/mol. The number of hydrogen-bond acceptors (Lipinski definition) is 4. The third kappa shape index (κ3) is 4.13. The molecule has 1 aliphatic heterocycles. The molecule has 1 fully saturated rings. The zero-order chi connectivity index (χ0) is 16.1. The maximum absolute atomic E-state index is 12.2. The van der Waals surface area contributed by atoms with E-state index in [1.54, 1.807) is 6.26 Å². The van der Waals surface area contributed by atoms with Crippen LogP contribution in [0.25, 0.3) is 0 Å². The first-order valence-corrected chi connectivity index (χ1v) is 8.07. The summed E-state index contributed by atoms with van der Waals surface area (Å²) in [5, 5.41) is 2.98. The Morgan fingerprint density at radius 1 is 1.13 bits per heavy atom. The van der Waals surface area contributed by atoms with E-state index in [2.05, 4.69) is 39.4 Å². The summed E-state index contributed by atoms with van der Waals surface area (Å²) in [6, 6.07) is 14.0. The molecule has 1 unspecified atom stereocenters. The van der Waals surface area contributed by atoms with E-state index >= 15 is 0 Å². The Hall–Kier alpha value is -2.27. The molecule has 1 amide bonds. The quantitative estimate of drug-likeness (QED) is 0.920. The van der Waals surface area contributed by atoms with Crippen molar-refractivity contribution < 1.29 is 9.21 Å². The van der Waals surface area contributed by atoms with Crippen LogP contribution in [0.1, 0.15) is 18.7 Å². The molecule has 2 aromatic rings. The lowest BCUT2D eigenvalue weighted by molar-refractivity contribution is -0.123. The highest BCUT2D eigenvalue weighted by atomic mass is 16.3. The van der Waals surface area contributed by atoms with Crippen LogP contribution in [0.2, 0.25) is 0 Å². The van der Waals surface area contributed by atoms with Crippen molar-refractivity contribution in [1.29, 1.82) is 0 Å². The van der Waals surface area contributed by atoms with Gasteiger partial charge in [-0.1, -0.05) is 18.2 Å². The highest BCUT2D eigenvalue weighted by Gasteiger charge is 2.20. The van der Waals surface area contributed by atoms with Gasteiger partial charge in [0.15, 0.2) is 0 Å². The third-order valence-corrected chi connectivity index (χ3v) is 4.21. The van der Waals surface area contributed by atoms with Gasteiger partial charge in [-0.05, 0) is 31.2 Å². The van der Waals surface area contributed by atoms with Crippen LogP contribution in [0.3, 0.4) is 0 Å². The van der Waals surface area contributed by atoms with Gasteiger partial charge >= 0.3 is 0 Å². The predicted octanol–water partition coefficient (Wildman–Crippen LogP) is 2.28. The molecule has 0 spiro atoms. The van der Waals surface area contributed by atoms with Crippen molar-refractivity contribution in [2.24, 2.45) is 0 Å². The van der Waals surface area contributed by atoms with Crippen LogP contribution in [0.15, 0.2) is 53.1 Å². The summed E-state index contributed by atoms with van der Waals surface area (Å²) in [7, 11) is 0. The van der Waals surface area contributed by atoms with E-state index in [0.717, 1.165) is 31.9 Å². The molecule has 0 aliphatic carbocycles. The second-order valence-corrected chi connectivity index (χ2v) is 5.90. The molecule has 0 saturated carbocycles. The summed E-state index contributed by atoms with van der Waals surface area (Å²) in [4.78, 5) is 16.7. The van der Waals surface area contributed by atoms with E-state index < -0.39 is 0 Å². The number of hydrogen-bond donors (Lipinski definition) is 1. The average Bonchev–Trinajstić information content (AvgIpc) is 3.11. The van der Waals surface area contributed by atoms with Gasteiger partial charge < -0.3 is 14.6 Å². The number of carbonyl (C=O) groups excluding carboxylic acids is 1. The number of carbonyl (C=O) groups is 1. The van der Waals surface area contributed by atoms with Crippen molar-refractivity contribution in [3.05, 3.63) is 54.5 Å². The number of rotatable bonds is 5. The maximum Gasteiger partial charge on any atom is 0.234 e. The first kappa shape index (κ1) is 15.6. The molecule has 2 heterocycles. The molecule has 0 bridgehead atoms. The van der Waals surface area contributed by atoms with Crippen LogP contribution in [0, 0.1) is 0 Å². The summed E-state index contributed by atoms with van der Waals surface area (Å²) >= 11 is 0. The Labute approximate surface area is 136 Å². The minimum absolute atomic E-state index is 0.0436. The fourth-order valence-corrected chi connectivity index (χ4v) is 2.90. The van der Waals surface area contributed by atoms with E-state index in [9.17, 15) is 4.79 Å². The van der Waals surface area contributed by atoms with Gasteiger partial charge in [0.1, 0.15) is 5.76 Å². The van der Waals surface area contributed by atoms with Gasteiger partial charge in [0.05, 0.1) is 18.8 Å². The number of furan rings is 1. The Morgan fingerprint density at radius 3 is 2.52 bits per heavy atom. The van der Waals surface area contributed by atoms with Crippen LogP contribution in [0.5, 0.6) is 0 Å². The molecule has 3 rings (SSSR count). The molecule has 23 heavy (non-hydrogen) atoms. The topological polar surface area (TPSA) is 48.7 Å². The number of benzene rings is 1. The fraction of sp³-hybridized carbons (Fsp3) is 0.389. The molecule has 5 nitrogen and oxygen atoms in total. The normalized spacial score (nSPS) is 17.0. The Kier molecular flexibility index (Phi) is 4.98. The smallest absolute Gasteiger partial charge is 0.234 e. The lowest BCUT2D eigenvalue weighted by Gasteiger charge is -2.35. The van der Waals surface area contributed by atoms with Crippen molar-refractivity contribution in [1.82, 2.24) is 10.2 Å². The lowest BCUT2D eigenvalue weighted by atomic mass is 10.2. The van der Waals surface area contributed by atoms with E-state index in [0.29, 0.717) is 6.54 Å². The SMILES string of the molecule is CC(NC(=O)CN1CCN(c2ccccc2)CC1)c1ccco1. The number of amides is 1. The number of nitrogens with zero attached hydrogens (tertiary/aromatic N) is 2. The number of para-hydroxylation sites is 1. The Bertz CT molecular complexity index is 604. The second-order valence-electron chi connectivity index (χ2n) is 5.90. The summed E-state index contributed by atoms with van der Waals surface area (Å²) in [5.74, 6) is 0.828. The summed E-state index contributed by atoms with van der Waals surface area (Å²) in [6.45, 7) is 6.07. The van der Waals surface area contributed by atoms with E-state index in [1.165, 1.54) is 5.69 Å². The molecular formula is C18H23N3O2. The lowest BCUT2D eigenvalue weighted by Crippen LogP contribution is -2.49. The standard InChI is InChI=1S/C18H23N3O2/c1-15(17-8-5-13-23-17)19-18(22)14-20-9-11-21(12-10-20)16-6-3-2-4-7-16/h2-8,13,15H,9-12,14H2,1H3,(H,19,22). The summed E-state index contributed by atoms with van der Waals surface area (Å²) < 4.78 is 5.31. The van der Waals surface area contributed by atoms with Crippen molar-refractivity contribution in [2.45, 2.75) is 13.0 Å². The largest absolute Gasteiger partial charge is 0.467 e. The van der Waals surface area contributed by atoms with Crippen LogP contribution < -0.4 is 10.2 Å². The van der Waals surface area contributed by atoms with Gasteiger partial charge in [-0.25, -0.2) is 0 Å². The van der Waals surface area contributed by atoms with Crippen molar-refractivity contribution in [3.63, 3.8) is 0 Å². The molecule has 1 N–H and O–H groups in total. The first-order chi connectivity index (χ1) is 11.2. The molecular weight excluding hydrogens is 290 g/mol. The zero-order valence-corrected chi connectivity index (χ0v) is 13.4. The van der Waals surface area contributed by atoms with Crippen molar-refractivity contribution in [2.75, 3.05) is 37.6 Å². The van der Waals surface area contributed by atoms with Gasteiger partial charge in [-0.2, -0.15) is 0 Å². The molecule has 5 heteroatoms. The molecule has 1 aliphatic rings. The Balaban J connectivity index is 1.44. The van der Waals surface area contributed by atoms with Crippen LogP contribution in [-0.4, -0.2) is 43.5 Å². The van der Waals surface area contributed by atoms with E-state index in [1.807, 2.05) is 25.1 Å². The molecule has 1 saturated heterocycles. The van der Waals surface area contributed by atoms with Crippen molar-refractivity contribution in [3.8, 4) is 0 Å². The summed E-state index contributed by atoms with van der Waals surface area (Å²) in [6.07, 6.45) is 1.63. The van der Waals surface area contributed by atoms with Gasteiger partial charge in [-0.3, -0.25) is 9.69 Å². The number of nitrogens with one attached hydrogen (secondary N) is 1. The molecule has 0 radical (unpaired) electrons. The zero-order valence-electron chi connectivity index (χ0n) is 13.4. The van der Waals surface area contributed by atoms with Gasteiger partial charge in [-0.15, -0.1) is 0 Å². The average molecular weight is 313 g/mol. The highest BCUT2D eigenvalue weighted by Crippen LogP contribution is 2.16. The molecule has 1 aromatic carbocycles. The number of piperazine rings is 1. The minimum Gasteiger partial charge on any atom is -0.467 e. The molecule has 1 atom stereocenters. The van der Waals surface area contributed by atoms with E-state index in [4.69, 9.17) is 4.42 Å². The van der Waals surface area contributed by atoms with Crippen LogP contribution >= 0.6 is 0 Å². The number of anilines is 1.